The van der Waals surface area contributed by atoms with Gasteiger partial charge in [0, 0.05) is 25.6 Å². The number of aromatic nitrogens is 2. The molecule has 0 aliphatic rings. The summed E-state index contributed by atoms with van der Waals surface area (Å²) in [4.78, 5) is 4.39. The molecule has 6 heteroatoms. The van der Waals surface area contributed by atoms with Gasteiger partial charge >= 0.3 is 0 Å². The van der Waals surface area contributed by atoms with Gasteiger partial charge in [0.25, 0.3) is 0 Å². The fourth-order valence-electron chi connectivity index (χ4n) is 1.83. The van der Waals surface area contributed by atoms with Crippen LogP contribution in [0.1, 0.15) is 5.82 Å². The number of rotatable bonds is 4. The fraction of sp³-hybridized carbons (Fsp3) is 0.308. The van der Waals surface area contributed by atoms with E-state index in [9.17, 15) is 8.78 Å². The van der Waals surface area contributed by atoms with Gasteiger partial charge in [0.2, 0.25) is 0 Å². The lowest BCUT2D eigenvalue weighted by molar-refractivity contribution is 0.602. The van der Waals surface area contributed by atoms with Crippen LogP contribution < -0.4 is 5.32 Å². The molecule has 1 heterocycles. The lowest BCUT2D eigenvalue weighted by Gasteiger charge is -2.01. The molecule has 1 aromatic carbocycles. The second-order valence-corrected chi connectivity index (χ2v) is 4.96. The van der Waals surface area contributed by atoms with Crippen molar-refractivity contribution in [2.45, 2.75) is 6.42 Å². The Hall–Kier alpha value is -1.27. The zero-order valence-corrected chi connectivity index (χ0v) is 12.3. The zero-order valence-electron chi connectivity index (χ0n) is 10.7. The van der Waals surface area contributed by atoms with Crippen LogP contribution in [0.5, 0.6) is 0 Å². The third kappa shape index (κ3) is 2.84. The van der Waals surface area contributed by atoms with Crippen LogP contribution in [0.3, 0.4) is 0 Å². The van der Waals surface area contributed by atoms with Crippen molar-refractivity contribution in [1.82, 2.24) is 14.9 Å². The molecule has 0 aliphatic carbocycles. The normalized spacial score (nSPS) is 11.0. The van der Waals surface area contributed by atoms with Gasteiger partial charge in [-0.05, 0) is 41.2 Å². The number of likely N-dealkylation sites (N-methyl/N-ethyl adjacent to an activating group) is 1. The van der Waals surface area contributed by atoms with Crippen LogP contribution in [-0.4, -0.2) is 23.1 Å². The predicted octanol–water partition coefficient (Wildman–Crippen LogP) is 2.89. The highest BCUT2D eigenvalue weighted by atomic mass is 79.9. The molecule has 3 nitrogen and oxygen atoms in total. The number of imidazole rings is 1. The number of nitrogens with zero attached hydrogens (tertiary/aromatic N) is 2. The first-order valence-electron chi connectivity index (χ1n) is 5.85. The lowest BCUT2D eigenvalue weighted by Crippen LogP contribution is -2.13. The van der Waals surface area contributed by atoms with Crippen molar-refractivity contribution in [3.8, 4) is 11.3 Å². The van der Waals surface area contributed by atoms with Crippen molar-refractivity contribution in [2.75, 3.05) is 13.6 Å². The van der Waals surface area contributed by atoms with Crippen molar-refractivity contribution in [3.05, 3.63) is 40.3 Å². The molecule has 1 aromatic heterocycles. The van der Waals surface area contributed by atoms with Crippen LogP contribution in [0.15, 0.2) is 22.8 Å². The number of nitrogens with one attached hydrogen (secondary N) is 1. The standard InChI is InChI=1S/C13H14BrF2N3/c1-17-6-5-11-18-12(13(14)19(11)2)9-7-8(15)3-4-10(9)16/h3-4,7,17H,5-6H2,1-2H3. The minimum absolute atomic E-state index is 0.165. The molecule has 102 valence electrons. The Balaban J connectivity index is 2.47. The van der Waals surface area contributed by atoms with Crippen LogP contribution in [-0.2, 0) is 13.5 Å². The van der Waals surface area contributed by atoms with Crippen LogP contribution in [0.25, 0.3) is 11.3 Å². The van der Waals surface area contributed by atoms with Gasteiger partial charge in [-0.25, -0.2) is 13.8 Å². The van der Waals surface area contributed by atoms with Crippen molar-refractivity contribution < 1.29 is 8.78 Å². The summed E-state index contributed by atoms with van der Waals surface area (Å²) in [7, 11) is 3.69. The molecule has 2 rings (SSSR count). The summed E-state index contributed by atoms with van der Waals surface area (Å²) in [6.45, 7) is 0.766. The average molecular weight is 330 g/mol. The second kappa shape index (κ2) is 5.79. The van der Waals surface area contributed by atoms with Gasteiger partial charge in [0.1, 0.15) is 27.8 Å². The Morgan fingerprint density at radius 1 is 1.37 bits per heavy atom. The summed E-state index contributed by atoms with van der Waals surface area (Å²) in [6, 6.07) is 3.36. The average Bonchev–Trinajstić information content (AvgIpc) is 2.67. The highest BCUT2D eigenvalue weighted by molar-refractivity contribution is 9.10. The zero-order chi connectivity index (χ0) is 14.0. The van der Waals surface area contributed by atoms with E-state index in [0.717, 1.165) is 30.6 Å². The third-order valence-corrected chi connectivity index (χ3v) is 3.81. The fourth-order valence-corrected chi connectivity index (χ4v) is 2.34. The molecule has 0 atom stereocenters. The van der Waals surface area contributed by atoms with Crippen molar-refractivity contribution in [1.29, 1.82) is 0 Å². The van der Waals surface area contributed by atoms with Gasteiger partial charge in [-0.2, -0.15) is 0 Å². The minimum Gasteiger partial charge on any atom is -0.325 e. The Morgan fingerprint density at radius 3 is 2.79 bits per heavy atom. The van der Waals surface area contributed by atoms with Crippen LogP contribution in [0, 0.1) is 11.6 Å². The lowest BCUT2D eigenvalue weighted by atomic mass is 10.1. The third-order valence-electron chi connectivity index (χ3n) is 2.90. The summed E-state index contributed by atoms with van der Waals surface area (Å²) in [5.74, 6) is -0.161. The first kappa shape index (κ1) is 14.1. The van der Waals surface area contributed by atoms with E-state index in [2.05, 4.69) is 26.2 Å². The first-order valence-corrected chi connectivity index (χ1v) is 6.65. The number of hydrogen-bond donors (Lipinski definition) is 1. The van der Waals surface area contributed by atoms with Gasteiger partial charge in [-0.15, -0.1) is 0 Å². The molecule has 0 radical (unpaired) electrons. The molecule has 0 saturated heterocycles. The Morgan fingerprint density at radius 2 is 2.11 bits per heavy atom. The molecule has 0 fully saturated rings. The van der Waals surface area contributed by atoms with E-state index < -0.39 is 11.6 Å². The van der Waals surface area contributed by atoms with Crippen molar-refractivity contribution in [3.63, 3.8) is 0 Å². The van der Waals surface area contributed by atoms with E-state index >= 15 is 0 Å². The molecule has 1 N–H and O–H groups in total. The molecule has 19 heavy (non-hydrogen) atoms. The Labute approximate surface area is 118 Å². The minimum atomic E-state index is -0.486. The maximum atomic E-state index is 13.8. The second-order valence-electron chi connectivity index (χ2n) is 4.20. The maximum absolute atomic E-state index is 13.8. The Kier molecular flexibility index (Phi) is 4.31. The van der Waals surface area contributed by atoms with Crippen LogP contribution in [0.2, 0.25) is 0 Å². The molecule has 0 aliphatic heterocycles. The molecule has 0 bridgehead atoms. The van der Waals surface area contributed by atoms with Gasteiger partial charge in [0.15, 0.2) is 0 Å². The monoisotopic (exact) mass is 329 g/mol. The largest absolute Gasteiger partial charge is 0.325 e. The van der Waals surface area contributed by atoms with Gasteiger partial charge < -0.3 is 9.88 Å². The van der Waals surface area contributed by atoms with Gasteiger partial charge in [-0.1, -0.05) is 0 Å². The summed E-state index contributed by atoms with van der Waals surface area (Å²) < 4.78 is 29.5. The molecular weight excluding hydrogens is 316 g/mol. The molecule has 0 saturated carbocycles. The SMILES string of the molecule is CNCCc1nc(-c2cc(F)ccc2F)c(Br)n1C. The van der Waals surface area contributed by atoms with E-state index in [1.807, 2.05) is 18.7 Å². The number of halogens is 3. The smallest absolute Gasteiger partial charge is 0.132 e. The van der Waals surface area contributed by atoms with E-state index in [4.69, 9.17) is 0 Å². The van der Waals surface area contributed by atoms with Gasteiger partial charge in [-0.3, -0.25) is 0 Å². The molecule has 0 spiro atoms. The van der Waals surface area contributed by atoms with E-state index in [1.54, 1.807) is 0 Å². The topological polar surface area (TPSA) is 29.9 Å². The summed E-state index contributed by atoms with van der Waals surface area (Å²) in [6.07, 6.45) is 0.711. The van der Waals surface area contributed by atoms with Gasteiger partial charge in [0.05, 0.1) is 0 Å². The van der Waals surface area contributed by atoms with E-state index in [-0.39, 0.29) is 5.56 Å². The Bertz CT molecular complexity index is 596. The molecule has 0 unspecified atom stereocenters. The summed E-state index contributed by atoms with van der Waals surface area (Å²) in [5.41, 5.74) is 0.587. The van der Waals surface area contributed by atoms with Crippen LogP contribution in [0.4, 0.5) is 8.78 Å². The number of hydrogen-bond acceptors (Lipinski definition) is 2. The summed E-state index contributed by atoms with van der Waals surface area (Å²) in [5, 5.41) is 3.03. The van der Waals surface area contributed by atoms with E-state index in [1.165, 1.54) is 0 Å². The number of benzene rings is 1. The first-order chi connectivity index (χ1) is 9.04. The molecule has 0 amide bonds. The van der Waals surface area contributed by atoms with Crippen molar-refractivity contribution in [2.24, 2.45) is 7.05 Å². The van der Waals surface area contributed by atoms with Crippen molar-refractivity contribution >= 4 is 15.9 Å². The molecule has 2 aromatic rings. The maximum Gasteiger partial charge on any atom is 0.132 e. The quantitative estimate of drug-likeness (QED) is 0.934. The predicted molar refractivity (Wildman–Crippen MR) is 73.9 cm³/mol. The summed E-state index contributed by atoms with van der Waals surface area (Å²) >= 11 is 3.38. The highest BCUT2D eigenvalue weighted by Crippen LogP contribution is 2.30. The molecular formula is C13H14BrF2N3. The van der Waals surface area contributed by atoms with E-state index in [0.29, 0.717) is 16.7 Å². The van der Waals surface area contributed by atoms with Crippen LogP contribution >= 0.6 is 15.9 Å². The highest BCUT2D eigenvalue weighted by Gasteiger charge is 2.17.